The number of halogens is 2. The largest absolute Gasteiger partial charge is 0.335 e. The van der Waals surface area contributed by atoms with Gasteiger partial charge in [-0.25, -0.2) is 0 Å². The van der Waals surface area contributed by atoms with Crippen molar-refractivity contribution >= 4 is 33.4 Å². The van der Waals surface area contributed by atoms with Gasteiger partial charge in [-0.15, -0.1) is 0 Å². The van der Waals surface area contributed by atoms with E-state index in [1.165, 1.54) is 0 Å². The molecule has 1 aromatic rings. The zero-order chi connectivity index (χ0) is 14.0. The number of carbonyl (C=O) groups is 1. The number of likely N-dealkylation sites (N-methyl/N-ethyl adjacent to an activating group) is 1. The van der Waals surface area contributed by atoms with E-state index < -0.39 is 0 Å². The number of nitrogens with zero attached hydrogens (tertiary/aromatic N) is 2. The van der Waals surface area contributed by atoms with Gasteiger partial charge >= 0.3 is 0 Å². The second kappa shape index (κ2) is 6.25. The monoisotopic (exact) mass is 344 g/mol. The van der Waals surface area contributed by atoms with E-state index in [0.717, 1.165) is 30.5 Å². The first kappa shape index (κ1) is 14.8. The van der Waals surface area contributed by atoms with Gasteiger partial charge in [0, 0.05) is 29.2 Å². The van der Waals surface area contributed by atoms with E-state index in [9.17, 15) is 4.79 Å². The Kier molecular flexibility index (Phi) is 4.87. The third kappa shape index (κ3) is 3.50. The molecule has 1 unspecified atom stereocenters. The Hall–Kier alpha value is -0.580. The molecule has 104 valence electrons. The number of amides is 1. The maximum Gasteiger partial charge on any atom is 0.254 e. The molecule has 1 atom stereocenters. The van der Waals surface area contributed by atoms with E-state index in [1.54, 1.807) is 6.07 Å². The Labute approximate surface area is 127 Å². The first-order chi connectivity index (χ1) is 8.99. The van der Waals surface area contributed by atoms with Crippen LogP contribution in [0.25, 0.3) is 0 Å². The number of carbonyl (C=O) groups excluding carboxylic acids is 1. The van der Waals surface area contributed by atoms with E-state index >= 15 is 0 Å². The van der Waals surface area contributed by atoms with Crippen molar-refractivity contribution in [2.45, 2.75) is 19.4 Å². The molecule has 1 saturated heterocycles. The van der Waals surface area contributed by atoms with Crippen molar-refractivity contribution in [2.75, 3.05) is 26.7 Å². The van der Waals surface area contributed by atoms with Crippen LogP contribution in [0.4, 0.5) is 0 Å². The second-order valence-electron chi connectivity index (χ2n) is 5.09. The van der Waals surface area contributed by atoms with Crippen LogP contribution in [-0.4, -0.2) is 48.4 Å². The summed E-state index contributed by atoms with van der Waals surface area (Å²) in [5.74, 6) is 0.0669. The summed E-state index contributed by atoms with van der Waals surface area (Å²) >= 11 is 9.41. The van der Waals surface area contributed by atoms with Gasteiger partial charge in [-0.1, -0.05) is 11.6 Å². The van der Waals surface area contributed by atoms with Crippen LogP contribution >= 0.6 is 27.5 Å². The van der Waals surface area contributed by atoms with Crippen LogP contribution in [0.15, 0.2) is 22.7 Å². The zero-order valence-electron chi connectivity index (χ0n) is 11.2. The summed E-state index contributed by atoms with van der Waals surface area (Å²) in [4.78, 5) is 16.8. The molecule has 3 nitrogen and oxygen atoms in total. The highest BCUT2D eigenvalue weighted by molar-refractivity contribution is 9.10. The van der Waals surface area contributed by atoms with Gasteiger partial charge in [0.1, 0.15) is 0 Å². The first-order valence-electron chi connectivity index (χ1n) is 6.43. The van der Waals surface area contributed by atoms with Crippen LogP contribution in [0.3, 0.4) is 0 Å². The van der Waals surface area contributed by atoms with E-state index in [2.05, 4.69) is 34.8 Å². The summed E-state index contributed by atoms with van der Waals surface area (Å²) in [7, 11) is 2.10. The lowest BCUT2D eigenvalue weighted by molar-refractivity contribution is 0.0696. The van der Waals surface area contributed by atoms with Gasteiger partial charge in [-0.3, -0.25) is 4.79 Å². The molecule has 1 aliphatic rings. The number of hydrogen-bond donors (Lipinski definition) is 0. The molecule has 19 heavy (non-hydrogen) atoms. The summed E-state index contributed by atoms with van der Waals surface area (Å²) in [5.41, 5.74) is 0.657. The molecule has 1 aromatic carbocycles. The highest BCUT2D eigenvalue weighted by atomic mass is 79.9. The standard InChI is InChI=1S/C14H18BrClN2O/c1-10-9-17(2)6-3-7-18(10)14(19)11-4-5-12(15)13(16)8-11/h4-5,8,10H,3,6-7,9H2,1-2H3. The molecule has 0 radical (unpaired) electrons. The molecule has 0 N–H and O–H groups in total. The van der Waals surface area contributed by atoms with Gasteiger partial charge in [-0.05, 0) is 61.1 Å². The van der Waals surface area contributed by atoms with Gasteiger partial charge < -0.3 is 9.80 Å². The number of benzene rings is 1. The summed E-state index contributed by atoms with van der Waals surface area (Å²) < 4.78 is 0.814. The lowest BCUT2D eigenvalue weighted by atomic mass is 10.1. The Morgan fingerprint density at radius 1 is 1.42 bits per heavy atom. The van der Waals surface area contributed by atoms with Gasteiger partial charge in [-0.2, -0.15) is 0 Å². The summed E-state index contributed by atoms with van der Waals surface area (Å²) in [6, 6.07) is 5.60. The molecule has 1 heterocycles. The number of rotatable bonds is 1. The molecular weight excluding hydrogens is 328 g/mol. The van der Waals surface area contributed by atoms with Crippen LogP contribution in [0, 0.1) is 0 Å². The quantitative estimate of drug-likeness (QED) is 0.780. The van der Waals surface area contributed by atoms with Crippen molar-refractivity contribution in [2.24, 2.45) is 0 Å². The van der Waals surface area contributed by atoms with Gasteiger partial charge in [0.15, 0.2) is 0 Å². The fourth-order valence-electron chi connectivity index (χ4n) is 2.47. The Balaban J connectivity index is 2.20. The zero-order valence-corrected chi connectivity index (χ0v) is 13.5. The minimum Gasteiger partial charge on any atom is -0.335 e. The van der Waals surface area contributed by atoms with Gasteiger partial charge in [0.25, 0.3) is 5.91 Å². The lowest BCUT2D eigenvalue weighted by Gasteiger charge is -2.28. The average Bonchev–Trinajstić information content (AvgIpc) is 2.52. The number of hydrogen-bond acceptors (Lipinski definition) is 2. The SMILES string of the molecule is CC1CN(C)CCCN1C(=O)c1ccc(Br)c(Cl)c1. The van der Waals surface area contributed by atoms with E-state index in [-0.39, 0.29) is 11.9 Å². The molecule has 0 aromatic heterocycles. The van der Waals surface area contributed by atoms with Crippen LogP contribution in [0.1, 0.15) is 23.7 Å². The Morgan fingerprint density at radius 2 is 2.16 bits per heavy atom. The van der Waals surface area contributed by atoms with Crippen molar-refractivity contribution in [3.05, 3.63) is 33.3 Å². The van der Waals surface area contributed by atoms with Crippen LogP contribution in [0.5, 0.6) is 0 Å². The summed E-state index contributed by atoms with van der Waals surface area (Å²) in [6.45, 7) is 4.85. The van der Waals surface area contributed by atoms with Gasteiger partial charge in [0.05, 0.1) is 5.02 Å². The average molecular weight is 346 g/mol. The predicted octanol–water partition coefficient (Wildman–Crippen LogP) is 3.27. The molecule has 0 bridgehead atoms. The minimum absolute atomic E-state index is 0.0669. The molecule has 0 saturated carbocycles. The predicted molar refractivity (Wildman–Crippen MR) is 81.8 cm³/mol. The smallest absolute Gasteiger partial charge is 0.254 e. The van der Waals surface area contributed by atoms with Crippen molar-refractivity contribution in [1.29, 1.82) is 0 Å². The van der Waals surface area contributed by atoms with E-state index in [0.29, 0.717) is 10.6 Å². The van der Waals surface area contributed by atoms with Crippen molar-refractivity contribution in [3.63, 3.8) is 0 Å². The normalized spacial score (nSPS) is 21.3. The highest BCUT2D eigenvalue weighted by Crippen LogP contribution is 2.24. The second-order valence-corrected chi connectivity index (χ2v) is 6.35. The minimum atomic E-state index is 0.0669. The molecule has 2 rings (SSSR count). The Bertz CT molecular complexity index is 481. The molecular formula is C14H18BrClN2O. The summed E-state index contributed by atoms with van der Waals surface area (Å²) in [5, 5.41) is 0.574. The molecule has 1 fully saturated rings. The van der Waals surface area contributed by atoms with Crippen LogP contribution in [0.2, 0.25) is 5.02 Å². The van der Waals surface area contributed by atoms with Crippen LogP contribution < -0.4 is 0 Å². The molecule has 5 heteroatoms. The molecule has 0 aliphatic carbocycles. The highest BCUT2D eigenvalue weighted by Gasteiger charge is 2.25. The van der Waals surface area contributed by atoms with Crippen molar-refractivity contribution in [3.8, 4) is 0 Å². The van der Waals surface area contributed by atoms with Gasteiger partial charge in [0.2, 0.25) is 0 Å². The molecule has 1 aliphatic heterocycles. The maximum atomic E-state index is 12.6. The fraction of sp³-hybridized carbons (Fsp3) is 0.500. The van der Waals surface area contributed by atoms with Crippen LogP contribution in [-0.2, 0) is 0 Å². The fourth-order valence-corrected chi connectivity index (χ4v) is 2.90. The third-order valence-electron chi connectivity index (χ3n) is 3.47. The summed E-state index contributed by atoms with van der Waals surface area (Å²) in [6.07, 6.45) is 1.01. The lowest BCUT2D eigenvalue weighted by Crippen LogP contribution is -2.41. The molecule has 1 amide bonds. The third-order valence-corrected chi connectivity index (χ3v) is 4.71. The van der Waals surface area contributed by atoms with Crippen molar-refractivity contribution < 1.29 is 4.79 Å². The maximum absolute atomic E-state index is 12.6. The van der Waals surface area contributed by atoms with E-state index in [4.69, 9.17) is 11.6 Å². The van der Waals surface area contributed by atoms with Crippen molar-refractivity contribution in [1.82, 2.24) is 9.80 Å². The first-order valence-corrected chi connectivity index (χ1v) is 7.60. The van der Waals surface area contributed by atoms with E-state index in [1.807, 2.05) is 17.0 Å². The molecule has 0 spiro atoms. The Morgan fingerprint density at radius 3 is 2.84 bits per heavy atom. The topological polar surface area (TPSA) is 23.6 Å².